The maximum Gasteiger partial charge on any atom is 0.317 e. The molecular weight excluding hydrogens is 500 g/mol. The van der Waals surface area contributed by atoms with Crippen molar-refractivity contribution < 1.29 is 18.0 Å². The van der Waals surface area contributed by atoms with E-state index in [0.29, 0.717) is 45.6 Å². The highest BCUT2D eigenvalue weighted by Crippen LogP contribution is 2.21. The molecule has 1 saturated heterocycles. The number of urea groups is 1. The van der Waals surface area contributed by atoms with Crippen molar-refractivity contribution in [3.05, 3.63) is 71.3 Å². The molecule has 208 valence electrons. The van der Waals surface area contributed by atoms with Crippen molar-refractivity contribution in [1.82, 2.24) is 19.4 Å². The molecule has 0 unspecified atom stereocenters. The number of nitrogens with one attached hydrogen (secondary N) is 1. The third-order valence-corrected chi connectivity index (χ3v) is 8.71. The van der Waals surface area contributed by atoms with Crippen LogP contribution >= 0.6 is 0 Å². The molecule has 2 aromatic rings. The number of carbonyl (C=O) groups excluding carboxylic acids is 2. The van der Waals surface area contributed by atoms with E-state index < -0.39 is 10.0 Å². The predicted molar refractivity (Wildman–Crippen MR) is 151 cm³/mol. The lowest BCUT2D eigenvalue weighted by molar-refractivity contribution is -0.135. The van der Waals surface area contributed by atoms with Gasteiger partial charge in [-0.2, -0.15) is 4.31 Å². The molecule has 0 aliphatic carbocycles. The van der Waals surface area contributed by atoms with Crippen LogP contribution in [0.3, 0.4) is 0 Å². The zero-order valence-corrected chi connectivity index (χ0v) is 23.9. The van der Waals surface area contributed by atoms with E-state index in [2.05, 4.69) is 5.32 Å². The van der Waals surface area contributed by atoms with Crippen molar-refractivity contribution in [2.45, 2.75) is 59.7 Å². The molecule has 8 nitrogen and oxygen atoms in total. The summed E-state index contributed by atoms with van der Waals surface area (Å²) in [5.41, 5.74) is 3.18. The maximum atomic E-state index is 13.7. The molecule has 3 amide bonds. The molecule has 0 spiro atoms. The average Bonchev–Trinajstić information content (AvgIpc) is 2.91. The summed E-state index contributed by atoms with van der Waals surface area (Å²) in [6, 6.07) is 17.7. The van der Waals surface area contributed by atoms with Crippen molar-refractivity contribution in [3.63, 3.8) is 0 Å². The standard InChI is InChI=1S/C29H42N4O4S/c1-5-38(36,37)32(20-23(2)3)22-28(34)33(21-26-13-11-24(4)12-14-26)27-15-17-31(18-16-27)29(35)30-19-25-9-7-6-8-10-25/h6-14,23,27H,5,15-22H2,1-4H3,(H,30,35). The number of hydrogen-bond acceptors (Lipinski definition) is 4. The minimum atomic E-state index is -3.52. The summed E-state index contributed by atoms with van der Waals surface area (Å²) in [4.78, 5) is 30.0. The first-order chi connectivity index (χ1) is 18.1. The van der Waals surface area contributed by atoms with E-state index in [1.807, 2.05) is 80.3 Å². The van der Waals surface area contributed by atoms with Gasteiger partial charge in [0.25, 0.3) is 0 Å². The van der Waals surface area contributed by atoms with Crippen LogP contribution in [0.2, 0.25) is 0 Å². The van der Waals surface area contributed by atoms with Gasteiger partial charge in [-0.25, -0.2) is 13.2 Å². The molecule has 1 N–H and O–H groups in total. The number of hydrogen-bond donors (Lipinski definition) is 1. The Morgan fingerprint density at radius 1 is 1.00 bits per heavy atom. The zero-order chi connectivity index (χ0) is 27.7. The van der Waals surface area contributed by atoms with E-state index in [4.69, 9.17) is 0 Å². The Balaban J connectivity index is 1.70. The molecule has 1 aliphatic rings. The number of sulfonamides is 1. The van der Waals surface area contributed by atoms with Gasteiger partial charge in [0, 0.05) is 38.8 Å². The van der Waals surface area contributed by atoms with Crippen LogP contribution in [0.15, 0.2) is 54.6 Å². The minimum Gasteiger partial charge on any atom is -0.334 e. The Labute approximate surface area is 228 Å². The first-order valence-electron chi connectivity index (χ1n) is 13.5. The van der Waals surface area contributed by atoms with Crippen molar-refractivity contribution >= 4 is 22.0 Å². The van der Waals surface area contributed by atoms with Crippen LogP contribution in [0.4, 0.5) is 4.79 Å². The van der Waals surface area contributed by atoms with Crippen LogP contribution in [-0.2, 0) is 27.9 Å². The summed E-state index contributed by atoms with van der Waals surface area (Å²) in [6.07, 6.45) is 1.28. The number of rotatable bonds is 11. The van der Waals surface area contributed by atoms with Crippen LogP contribution in [0.1, 0.15) is 50.3 Å². The second kappa shape index (κ2) is 13.8. The van der Waals surface area contributed by atoms with Crippen LogP contribution in [0.5, 0.6) is 0 Å². The molecule has 0 atom stereocenters. The van der Waals surface area contributed by atoms with Gasteiger partial charge >= 0.3 is 6.03 Å². The Morgan fingerprint density at radius 3 is 2.21 bits per heavy atom. The summed E-state index contributed by atoms with van der Waals surface area (Å²) in [5.74, 6) is -0.135. The van der Waals surface area contributed by atoms with Gasteiger partial charge in [0.05, 0.1) is 12.3 Å². The second-order valence-corrected chi connectivity index (χ2v) is 12.7. The molecule has 0 radical (unpaired) electrons. The summed E-state index contributed by atoms with van der Waals surface area (Å²) in [6.45, 7) is 9.61. The molecule has 1 fully saturated rings. The van der Waals surface area contributed by atoms with E-state index in [9.17, 15) is 18.0 Å². The van der Waals surface area contributed by atoms with Gasteiger partial charge in [-0.15, -0.1) is 0 Å². The predicted octanol–water partition coefficient (Wildman–Crippen LogP) is 4.01. The van der Waals surface area contributed by atoms with Gasteiger partial charge in [-0.3, -0.25) is 4.79 Å². The summed E-state index contributed by atoms with van der Waals surface area (Å²) in [7, 11) is -3.52. The lowest BCUT2D eigenvalue weighted by Gasteiger charge is -2.39. The topological polar surface area (TPSA) is 90.0 Å². The number of carbonyl (C=O) groups is 2. The fourth-order valence-electron chi connectivity index (χ4n) is 4.69. The quantitative estimate of drug-likeness (QED) is 0.465. The van der Waals surface area contributed by atoms with Crippen molar-refractivity contribution in [1.29, 1.82) is 0 Å². The Hall–Kier alpha value is -2.91. The van der Waals surface area contributed by atoms with Crippen molar-refractivity contribution in [2.75, 3.05) is 31.9 Å². The lowest BCUT2D eigenvalue weighted by Crippen LogP contribution is -2.52. The largest absolute Gasteiger partial charge is 0.334 e. The summed E-state index contributed by atoms with van der Waals surface area (Å²) < 4.78 is 26.8. The molecule has 2 aromatic carbocycles. The van der Waals surface area contributed by atoms with Crippen molar-refractivity contribution in [3.8, 4) is 0 Å². The molecule has 0 saturated carbocycles. The zero-order valence-electron chi connectivity index (χ0n) is 23.1. The number of nitrogens with zero attached hydrogens (tertiary/aromatic N) is 3. The van der Waals surface area contributed by atoms with E-state index in [1.165, 1.54) is 4.31 Å². The SMILES string of the molecule is CCS(=O)(=O)N(CC(=O)N(Cc1ccc(C)cc1)C1CCN(C(=O)NCc2ccccc2)CC1)CC(C)C. The van der Waals surface area contributed by atoms with Crippen LogP contribution in [-0.4, -0.2) is 72.4 Å². The maximum absolute atomic E-state index is 13.7. The molecule has 0 bridgehead atoms. The highest BCUT2D eigenvalue weighted by atomic mass is 32.2. The summed E-state index contributed by atoms with van der Waals surface area (Å²) in [5, 5.41) is 2.98. The Bertz CT molecular complexity index is 1140. The number of likely N-dealkylation sites (tertiary alicyclic amines) is 1. The minimum absolute atomic E-state index is 0.0402. The van der Waals surface area contributed by atoms with Crippen LogP contribution in [0, 0.1) is 12.8 Å². The monoisotopic (exact) mass is 542 g/mol. The molecule has 9 heteroatoms. The second-order valence-electron chi connectivity index (χ2n) is 10.5. The molecule has 0 aromatic heterocycles. The highest BCUT2D eigenvalue weighted by molar-refractivity contribution is 7.89. The Kier molecular flexibility index (Phi) is 10.7. The molecule has 1 heterocycles. The summed E-state index contributed by atoms with van der Waals surface area (Å²) >= 11 is 0. The molecule has 1 aliphatic heterocycles. The number of amides is 3. The normalized spacial score (nSPS) is 14.6. The van der Waals surface area contributed by atoms with Gasteiger partial charge in [0.2, 0.25) is 15.9 Å². The Morgan fingerprint density at radius 2 is 1.63 bits per heavy atom. The molecular formula is C29H42N4O4S. The average molecular weight is 543 g/mol. The molecule has 38 heavy (non-hydrogen) atoms. The fourth-order valence-corrected chi connectivity index (χ4v) is 5.88. The van der Waals surface area contributed by atoms with Gasteiger partial charge in [0.1, 0.15) is 0 Å². The van der Waals surface area contributed by atoms with Gasteiger partial charge in [0.15, 0.2) is 0 Å². The van der Waals surface area contributed by atoms with Gasteiger partial charge in [-0.1, -0.05) is 74.0 Å². The van der Waals surface area contributed by atoms with Gasteiger partial charge < -0.3 is 15.1 Å². The number of benzene rings is 2. The van der Waals surface area contributed by atoms with Gasteiger partial charge in [-0.05, 0) is 43.7 Å². The van der Waals surface area contributed by atoms with E-state index in [-0.39, 0.29) is 36.2 Å². The third-order valence-electron chi connectivity index (χ3n) is 6.91. The van der Waals surface area contributed by atoms with E-state index in [1.54, 1.807) is 11.8 Å². The smallest absolute Gasteiger partial charge is 0.317 e. The number of piperidine rings is 1. The first-order valence-corrected chi connectivity index (χ1v) is 15.1. The van der Waals surface area contributed by atoms with Crippen LogP contribution < -0.4 is 5.32 Å². The first kappa shape index (κ1) is 29.6. The van der Waals surface area contributed by atoms with E-state index in [0.717, 1.165) is 16.7 Å². The van der Waals surface area contributed by atoms with Crippen LogP contribution in [0.25, 0.3) is 0 Å². The van der Waals surface area contributed by atoms with Crippen molar-refractivity contribution in [2.24, 2.45) is 5.92 Å². The highest BCUT2D eigenvalue weighted by Gasteiger charge is 2.32. The van der Waals surface area contributed by atoms with E-state index >= 15 is 0 Å². The third kappa shape index (κ3) is 8.56. The number of aryl methyl sites for hydroxylation is 1. The fraction of sp³-hybridized carbons (Fsp3) is 0.517. The lowest BCUT2D eigenvalue weighted by atomic mass is 10.0. The molecule has 3 rings (SSSR count).